The predicted octanol–water partition coefficient (Wildman–Crippen LogP) is 17.9. The number of ether oxygens (including phenoxy) is 3. The first-order valence-corrected chi connectivity index (χ1v) is 26.7. The van der Waals surface area contributed by atoms with Crippen LogP contribution in [0.5, 0.6) is 0 Å². The summed E-state index contributed by atoms with van der Waals surface area (Å²) in [6.45, 7) is 6.26. The molecule has 67 heavy (non-hydrogen) atoms. The third kappa shape index (κ3) is 52.4. The van der Waals surface area contributed by atoms with E-state index in [9.17, 15) is 14.4 Å². The molecule has 0 aliphatic carbocycles. The molecule has 0 aromatic rings. The topological polar surface area (TPSA) is 78.9 Å². The second kappa shape index (κ2) is 54.2. The highest BCUT2D eigenvalue weighted by molar-refractivity contribution is 5.71. The third-order valence-corrected chi connectivity index (χ3v) is 10.7. The van der Waals surface area contributed by atoms with Gasteiger partial charge in [-0.1, -0.05) is 225 Å². The van der Waals surface area contributed by atoms with Gasteiger partial charge in [-0.25, -0.2) is 0 Å². The van der Waals surface area contributed by atoms with Gasteiger partial charge in [-0.05, 0) is 103 Å². The van der Waals surface area contributed by atoms with Crippen LogP contribution >= 0.6 is 0 Å². The lowest BCUT2D eigenvalue weighted by atomic mass is 10.1. The summed E-state index contributed by atoms with van der Waals surface area (Å²) in [5.74, 6) is -1.04. The lowest BCUT2D eigenvalue weighted by molar-refractivity contribution is -0.166. The van der Waals surface area contributed by atoms with Gasteiger partial charge in [-0.2, -0.15) is 0 Å². The number of carbonyl (C=O) groups is 3. The highest BCUT2D eigenvalue weighted by atomic mass is 16.6. The first kappa shape index (κ1) is 62.5. The smallest absolute Gasteiger partial charge is 0.306 e. The van der Waals surface area contributed by atoms with Crippen LogP contribution < -0.4 is 0 Å². The minimum Gasteiger partial charge on any atom is -0.462 e. The van der Waals surface area contributed by atoms with Gasteiger partial charge in [0.1, 0.15) is 13.2 Å². The van der Waals surface area contributed by atoms with Crippen LogP contribution in [0.25, 0.3) is 0 Å². The molecule has 0 aliphatic rings. The van der Waals surface area contributed by atoms with Crippen molar-refractivity contribution in [1.29, 1.82) is 0 Å². The Morgan fingerprint density at radius 3 is 1.15 bits per heavy atom. The monoisotopic (exact) mass is 925 g/mol. The van der Waals surface area contributed by atoms with Gasteiger partial charge in [0, 0.05) is 19.3 Å². The standard InChI is InChI=1S/C61H96O6/c1-4-7-10-13-16-19-22-25-28-29-30-31-34-36-39-42-45-48-51-54-60(63)66-57-58(67-61(64)55-52-49-46-43-40-37-33-27-24-21-18-15-12-9-6-3)56-65-59(62)53-50-47-44-41-38-35-32-26-23-20-17-14-11-8-5-2/h7,9-10,12,15-21,23-26,28,30-31,36,39,45,48,58H,4-6,8,11,13-14,22,27,29,32-35,37-38,40-44,46-47,49-57H2,1-3H3/b10-7-,12-9-,18-15-,19-16-,20-17-,24-21-,26-23-,28-25-,31-30-,39-36-,48-45-. The fourth-order valence-electron chi connectivity index (χ4n) is 6.75. The van der Waals surface area contributed by atoms with Crippen LogP contribution in [0.1, 0.15) is 213 Å². The Hall–Kier alpha value is -4.45. The Bertz CT molecular complexity index is 1480. The van der Waals surface area contributed by atoms with Crippen LogP contribution in [0.3, 0.4) is 0 Å². The van der Waals surface area contributed by atoms with Crippen molar-refractivity contribution in [3.8, 4) is 0 Å². The molecule has 0 spiro atoms. The van der Waals surface area contributed by atoms with Gasteiger partial charge >= 0.3 is 17.9 Å². The Morgan fingerprint density at radius 2 is 0.687 bits per heavy atom. The van der Waals surface area contributed by atoms with Crippen LogP contribution in [0.15, 0.2) is 134 Å². The van der Waals surface area contributed by atoms with E-state index < -0.39 is 6.10 Å². The molecule has 1 atom stereocenters. The molecule has 0 heterocycles. The molecule has 0 aliphatic heterocycles. The van der Waals surface area contributed by atoms with Crippen molar-refractivity contribution >= 4 is 17.9 Å². The summed E-state index contributed by atoms with van der Waals surface area (Å²) in [5, 5.41) is 0. The van der Waals surface area contributed by atoms with Crippen LogP contribution in [-0.2, 0) is 28.6 Å². The molecule has 0 bridgehead atoms. The third-order valence-electron chi connectivity index (χ3n) is 10.7. The highest BCUT2D eigenvalue weighted by Gasteiger charge is 2.19. The average molecular weight is 925 g/mol. The fourth-order valence-corrected chi connectivity index (χ4v) is 6.75. The van der Waals surface area contributed by atoms with Crippen molar-refractivity contribution in [3.05, 3.63) is 134 Å². The Kier molecular flexibility index (Phi) is 50.6. The molecular weight excluding hydrogens is 829 g/mol. The van der Waals surface area contributed by atoms with Crippen LogP contribution in [0, 0.1) is 0 Å². The van der Waals surface area contributed by atoms with Crippen LogP contribution in [0.2, 0.25) is 0 Å². The van der Waals surface area contributed by atoms with Crippen molar-refractivity contribution in [3.63, 3.8) is 0 Å². The summed E-state index contributed by atoms with van der Waals surface area (Å²) in [6.07, 6.45) is 75.8. The normalized spacial score (nSPS) is 13.2. The Morgan fingerprint density at radius 1 is 0.328 bits per heavy atom. The molecule has 0 rings (SSSR count). The summed E-state index contributed by atoms with van der Waals surface area (Å²) >= 11 is 0. The molecule has 0 amide bonds. The van der Waals surface area contributed by atoms with Crippen molar-refractivity contribution in [2.45, 2.75) is 219 Å². The van der Waals surface area contributed by atoms with E-state index in [0.717, 1.165) is 109 Å². The number of allylic oxidation sites excluding steroid dienone is 22. The fraction of sp³-hybridized carbons (Fsp3) is 0.590. The largest absolute Gasteiger partial charge is 0.462 e. The molecule has 0 aromatic heterocycles. The molecule has 0 saturated carbocycles. The maximum Gasteiger partial charge on any atom is 0.306 e. The van der Waals surface area contributed by atoms with Gasteiger partial charge < -0.3 is 14.2 Å². The predicted molar refractivity (Wildman–Crippen MR) is 288 cm³/mol. The van der Waals surface area contributed by atoms with E-state index in [0.29, 0.717) is 19.3 Å². The minimum atomic E-state index is -0.825. The van der Waals surface area contributed by atoms with Crippen molar-refractivity contribution < 1.29 is 28.6 Å². The average Bonchev–Trinajstić information content (AvgIpc) is 3.33. The van der Waals surface area contributed by atoms with E-state index >= 15 is 0 Å². The molecule has 0 aromatic carbocycles. The molecule has 1 unspecified atom stereocenters. The van der Waals surface area contributed by atoms with E-state index in [-0.39, 0.29) is 37.5 Å². The van der Waals surface area contributed by atoms with Crippen molar-refractivity contribution in [2.24, 2.45) is 0 Å². The molecule has 6 heteroatoms. The second-order valence-corrected chi connectivity index (χ2v) is 17.1. The molecule has 0 saturated heterocycles. The maximum atomic E-state index is 12.8. The van der Waals surface area contributed by atoms with Gasteiger partial charge in [-0.15, -0.1) is 0 Å². The number of unbranched alkanes of at least 4 members (excludes halogenated alkanes) is 16. The van der Waals surface area contributed by atoms with E-state index in [1.807, 2.05) is 12.2 Å². The number of esters is 3. The summed E-state index contributed by atoms with van der Waals surface area (Å²) in [4.78, 5) is 38.0. The second-order valence-electron chi connectivity index (χ2n) is 17.1. The van der Waals surface area contributed by atoms with E-state index in [4.69, 9.17) is 14.2 Å². The first-order chi connectivity index (χ1) is 33.0. The van der Waals surface area contributed by atoms with Gasteiger partial charge in [-0.3, -0.25) is 14.4 Å². The zero-order valence-corrected chi connectivity index (χ0v) is 42.9. The molecule has 6 nitrogen and oxygen atoms in total. The van der Waals surface area contributed by atoms with Crippen LogP contribution in [-0.4, -0.2) is 37.2 Å². The SMILES string of the molecule is CC\C=C/C=C\C=C/CCCCCCCCCC(=O)OC(COC(=O)CC/C=C\C/C=C\C/C=C\C/C=C\C/C=C\C/C=C\CC)COC(=O)CCCCCCCC/C=C\C=C/CCCCC. The molecule has 0 radical (unpaired) electrons. The molecular formula is C61H96O6. The highest BCUT2D eigenvalue weighted by Crippen LogP contribution is 2.13. The summed E-state index contributed by atoms with van der Waals surface area (Å²) in [5.41, 5.74) is 0. The Balaban J connectivity index is 4.56. The summed E-state index contributed by atoms with van der Waals surface area (Å²) in [6, 6.07) is 0. The van der Waals surface area contributed by atoms with Gasteiger partial charge in [0.05, 0.1) is 0 Å². The molecule has 376 valence electrons. The number of hydrogen-bond acceptors (Lipinski definition) is 6. The number of rotatable bonds is 46. The Labute approximate surface area is 411 Å². The van der Waals surface area contributed by atoms with Gasteiger partial charge in [0.15, 0.2) is 6.10 Å². The van der Waals surface area contributed by atoms with Gasteiger partial charge in [0.25, 0.3) is 0 Å². The maximum absolute atomic E-state index is 12.8. The van der Waals surface area contributed by atoms with Crippen molar-refractivity contribution in [2.75, 3.05) is 13.2 Å². The number of carbonyl (C=O) groups excluding carboxylic acids is 3. The van der Waals surface area contributed by atoms with E-state index in [1.165, 1.54) is 57.8 Å². The molecule has 0 fully saturated rings. The summed E-state index contributed by atoms with van der Waals surface area (Å²) < 4.78 is 16.7. The zero-order chi connectivity index (χ0) is 48.6. The molecule has 0 N–H and O–H groups in total. The quantitative estimate of drug-likeness (QED) is 0.0199. The van der Waals surface area contributed by atoms with E-state index in [1.54, 1.807) is 0 Å². The van der Waals surface area contributed by atoms with Crippen LogP contribution in [0.4, 0.5) is 0 Å². The zero-order valence-electron chi connectivity index (χ0n) is 42.9. The number of hydrogen-bond donors (Lipinski definition) is 0. The summed E-state index contributed by atoms with van der Waals surface area (Å²) in [7, 11) is 0. The first-order valence-electron chi connectivity index (χ1n) is 26.7. The minimum absolute atomic E-state index is 0.117. The van der Waals surface area contributed by atoms with Crippen molar-refractivity contribution in [1.82, 2.24) is 0 Å². The van der Waals surface area contributed by atoms with Gasteiger partial charge in [0.2, 0.25) is 0 Å². The lowest BCUT2D eigenvalue weighted by Gasteiger charge is -2.18. The van der Waals surface area contributed by atoms with E-state index in [2.05, 4.69) is 142 Å². The lowest BCUT2D eigenvalue weighted by Crippen LogP contribution is -2.30.